The van der Waals surface area contributed by atoms with E-state index in [1.54, 1.807) is 0 Å². The Morgan fingerprint density at radius 2 is 1.76 bits per heavy atom. The standard InChI is InChI=1S/C11H15NO2.C8H11NO2/c1-10(2)12-6(5-14-10)7-8(9(12)13)11(7)3-4-11;10-3-4-5-6(7(11)9-4)8(5)1-2-8/h6-8H,3-5H2,1-2H3;4-6,10H,1-3H2,(H,9,11)/t6-,7-,8-;4-,5-,6-/m11/s1. The third-order valence-electron chi connectivity index (χ3n) is 8.40. The molecule has 0 bridgehead atoms. The molecular weight excluding hydrogens is 320 g/mol. The van der Waals surface area contributed by atoms with Gasteiger partial charge in [0, 0.05) is 17.8 Å². The van der Waals surface area contributed by atoms with Gasteiger partial charge < -0.3 is 20.1 Å². The molecule has 3 heterocycles. The second kappa shape index (κ2) is 4.06. The predicted molar refractivity (Wildman–Crippen MR) is 87.0 cm³/mol. The molecule has 2 N–H and O–H groups in total. The van der Waals surface area contributed by atoms with E-state index in [1.807, 2.05) is 18.7 Å². The Morgan fingerprint density at radius 1 is 1.12 bits per heavy atom. The summed E-state index contributed by atoms with van der Waals surface area (Å²) in [4.78, 5) is 25.4. The molecule has 0 aromatic carbocycles. The van der Waals surface area contributed by atoms with Crippen molar-refractivity contribution in [2.75, 3.05) is 13.2 Å². The predicted octanol–water partition coefficient (Wildman–Crippen LogP) is 0.493. The summed E-state index contributed by atoms with van der Waals surface area (Å²) >= 11 is 0. The first-order valence-electron chi connectivity index (χ1n) is 9.76. The molecule has 0 aromatic rings. The Kier molecular flexibility index (Phi) is 2.43. The van der Waals surface area contributed by atoms with Gasteiger partial charge in [0.2, 0.25) is 11.8 Å². The number of piperidine rings is 2. The zero-order valence-electron chi connectivity index (χ0n) is 14.8. The Bertz CT molecular complexity index is 696. The Hall–Kier alpha value is -1.14. The third-order valence-corrected chi connectivity index (χ3v) is 8.40. The second-order valence-corrected chi connectivity index (χ2v) is 9.80. The van der Waals surface area contributed by atoms with Crippen molar-refractivity contribution in [3.8, 4) is 0 Å². The zero-order valence-corrected chi connectivity index (χ0v) is 14.8. The monoisotopic (exact) mass is 346 g/mol. The van der Waals surface area contributed by atoms with Gasteiger partial charge in [-0.25, -0.2) is 0 Å². The van der Waals surface area contributed by atoms with Gasteiger partial charge in [-0.3, -0.25) is 9.59 Å². The number of fused-ring (bicyclic) bond motifs is 8. The summed E-state index contributed by atoms with van der Waals surface area (Å²) in [6, 6.07) is 0.486. The van der Waals surface area contributed by atoms with E-state index in [0.29, 0.717) is 40.5 Å². The highest BCUT2D eigenvalue weighted by Gasteiger charge is 2.83. The van der Waals surface area contributed by atoms with Gasteiger partial charge in [0.1, 0.15) is 5.72 Å². The molecule has 2 spiro atoms. The lowest BCUT2D eigenvalue weighted by atomic mass is 10.1. The summed E-state index contributed by atoms with van der Waals surface area (Å²) in [5, 5.41) is 11.7. The summed E-state index contributed by atoms with van der Waals surface area (Å²) in [7, 11) is 0. The second-order valence-electron chi connectivity index (χ2n) is 9.80. The molecule has 6 nitrogen and oxygen atoms in total. The van der Waals surface area contributed by atoms with Crippen LogP contribution in [0.15, 0.2) is 0 Å². The molecule has 2 amide bonds. The minimum Gasteiger partial charge on any atom is -0.394 e. The molecule has 3 saturated heterocycles. The van der Waals surface area contributed by atoms with E-state index in [0.717, 1.165) is 6.61 Å². The maximum atomic E-state index is 12.1. The van der Waals surface area contributed by atoms with E-state index in [9.17, 15) is 9.59 Å². The van der Waals surface area contributed by atoms with Crippen molar-refractivity contribution in [2.24, 2.45) is 34.5 Å². The molecule has 3 aliphatic heterocycles. The van der Waals surface area contributed by atoms with Crippen molar-refractivity contribution in [1.29, 1.82) is 0 Å². The van der Waals surface area contributed by atoms with Gasteiger partial charge in [0.25, 0.3) is 0 Å². The van der Waals surface area contributed by atoms with Crippen LogP contribution in [-0.4, -0.2) is 52.8 Å². The lowest BCUT2D eigenvalue weighted by molar-refractivity contribution is -0.145. The first kappa shape index (κ1) is 15.0. The molecule has 4 aliphatic carbocycles. The minimum absolute atomic E-state index is 0.0787. The molecule has 6 heteroatoms. The van der Waals surface area contributed by atoms with Crippen LogP contribution in [-0.2, 0) is 14.3 Å². The van der Waals surface area contributed by atoms with E-state index >= 15 is 0 Å². The number of carbonyl (C=O) groups excluding carboxylic acids is 2. The van der Waals surface area contributed by atoms with Gasteiger partial charge in [-0.2, -0.15) is 0 Å². The van der Waals surface area contributed by atoms with Crippen LogP contribution >= 0.6 is 0 Å². The molecule has 4 saturated carbocycles. The van der Waals surface area contributed by atoms with Crippen LogP contribution in [0.3, 0.4) is 0 Å². The molecule has 7 aliphatic rings. The summed E-state index contributed by atoms with van der Waals surface area (Å²) in [6.07, 6.45) is 5.01. The summed E-state index contributed by atoms with van der Waals surface area (Å²) in [5.41, 5.74) is 0.517. The molecular formula is C19H26N2O4. The first-order chi connectivity index (χ1) is 11.9. The maximum absolute atomic E-state index is 12.1. The Labute approximate surface area is 147 Å². The van der Waals surface area contributed by atoms with Crippen LogP contribution in [0.1, 0.15) is 39.5 Å². The van der Waals surface area contributed by atoms with Gasteiger partial charge in [-0.1, -0.05) is 0 Å². The number of carbonyl (C=O) groups is 2. The van der Waals surface area contributed by atoms with Gasteiger partial charge in [-0.15, -0.1) is 0 Å². The van der Waals surface area contributed by atoms with Crippen LogP contribution in [0.2, 0.25) is 0 Å². The van der Waals surface area contributed by atoms with Crippen molar-refractivity contribution >= 4 is 11.8 Å². The molecule has 0 radical (unpaired) electrons. The smallest absolute Gasteiger partial charge is 0.229 e. The average Bonchev–Trinajstić information content (AvgIpc) is 3.51. The topological polar surface area (TPSA) is 78.9 Å². The fourth-order valence-electron chi connectivity index (χ4n) is 6.88. The lowest BCUT2D eigenvalue weighted by Gasteiger charge is -2.31. The van der Waals surface area contributed by atoms with Crippen LogP contribution in [0.4, 0.5) is 0 Å². The van der Waals surface area contributed by atoms with Crippen molar-refractivity contribution in [3.05, 3.63) is 0 Å². The van der Waals surface area contributed by atoms with Crippen molar-refractivity contribution in [3.63, 3.8) is 0 Å². The largest absolute Gasteiger partial charge is 0.394 e. The summed E-state index contributed by atoms with van der Waals surface area (Å²) < 4.78 is 5.70. The fraction of sp³-hybridized carbons (Fsp3) is 0.895. The number of nitrogens with one attached hydrogen (secondary N) is 1. The summed E-state index contributed by atoms with van der Waals surface area (Å²) in [5.74, 6) is 2.36. The molecule has 0 aromatic heterocycles. The number of nitrogens with zero attached hydrogens (tertiary/aromatic N) is 1. The van der Waals surface area contributed by atoms with Crippen molar-refractivity contribution in [1.82, 2.24) is 10.2 Å². The molecule has 25 heavy (non-hydrogen) atoms. The molecule has 6 atom stereocenters. The van der Waals surface area contributed by atoms with Crippen molar-refractivity contribution in [2.45, 2.75) is 57.3 Å². The Balaban J connectivity index is 0.000000106. The lowest BCUT2D eigenvalue weighted by Crippen LogP contribution is -2.46. The molecule has 136 valence electrons. The number of amides is 2. The first-order valence-corrected chi connectivity index (χ1v) is 9.76. The number of rotatable bonds is 1. The Morgan fingerprint density at radius 3 is 2.32 bits per heavy atom. The van der Waals surface area contributed by atoms with Crippen LogP contribution < -0.4 is 5.32 Å². The van der Waals surface area contributed by atoms with Crippen LogP contribution in [0.5, 0.6) is 0 Å². The van der Waals surface area contributed by atoms with Gasteiger partial charge >= 0.3 is 0 Å². The third kappa shape index (κ3) is 1.60. The minimum atomic E-state index is -0.342. The SMILES string of the molecule is CC1(C)OC[C@@H]2[C@@H]3[C@H](C(=O)N21)C31CC1.O=C1N[C@H](CO)[C@@H]2[C@H]1C21CC1. The fourth-order valence-corrected chi connectivity index (χ4v) is 6.88. The molecule has 7 rings (SSSR count). The molecule has 0 unspecified atom stereocenters. The van der Waals surface area contributed by atoms with Crippen molar-refractivity contribution < 1.29 is 19.4 Å². The number of hydrogen-bond acceptors (Lipinski definition) is 4. The summed E-state index contributed by atoms with van der Waals surface area (Å²) in [6.45, 7) is 4.90. The van der Waals surface area contributed by atoms with Crippen LogP contribution in [0.25, 0.3) is 0 Å². The van der Waals surface area contributed by atoms with Gasteiger partial charge in [0.05, 0.1) is 25.3 Å². The quantitative estimate of drug-likeness (QED) is 0.724. The number of hydrogen-bond donors (Lipinski definition) is 2. The van der Waals surface area contributed by atoms with Gasteiger partial charge in [-0.05, 0) is 56.3 Å². The highest BCUT2D eigenvalue weighted by Crippen LogP contribution is 2.80. The van der Waals surface area contributed by atoms with Gasteiger partial charge in [0.15, 0.2) is 0 Å². The normalized spacial score (nSPS) is 49.2. The average molecular weight is 346 g/mol. The number of aliphatic hydroxyl groups is 1. The van der Waals surface area contributed by atoms with Crippen LogP contribution in [0, 0.1) is 34.5 Å². The zero-order chi connectivity index (χ0) is 17.4. The number of aliphatic hydroxyl groups excluding tert-OH is 1. The van der Waals surface area contributed by atoms with E-state index in [-0.39, 0.29) is 30.2 Å². The number of ether oxygens (including phenoxy) is 1. The maximum Gasteiger partial charge on any atom is 0.229 e. The highest BCUT2D eigenvalue weighted by atomic mass is 16.5. The van der Waals surface area contributed by atoms with E-state index < -0.39 is 0 Å². The van der Waals surface area contributed by atoms with E-state index in [4.69, 9.17) is 9.84 Å². The highest BCUT2D eigenvalue weighted by molar-refractivity contribution is 5.89. The van der Waals surface area contributed by atoms with E-state index in [1.165, 1.54) is 25.7 Å². The van der Waals surface area contributed by atoms with E-state index in [2.05, 4.69) is 5.32 Å². The molecule has 7 fully saturated rings.